The minimum atomic E-state index is -0.478. The van der Waals surface area contributed by atoms with Gasteiger partial charge in [-0.3, -0.25) is 9.69 Å². The Balaban J connectivity index is 2.73. The van der Waals surface area contributed by atoms with Gasteiger partial charge in [0.05, 0.1) is 7.11 Å². The van der Waals surface area contributed by atoms with E-state index in [-0.39, 0.29) is 5.97 Å². The molecule has 0 saturated carbocycles. The van der Waals surface area contributed by atoms with Crippen LogP contribution in [0.25, 0.3) is 0 Å². The first kappa shape index (κ1) is 11.5. The Bertz CT molecular complexity index is 213. The lowest BCUT2D eigenvalue weighted by atomic mass is 9.94. The summed E-state index contributed by atoms with van der Waals surface area (Å²) in [4.78, 5) is 13.9. The first-order valence-corrected chi connectivity index (χ1v) is 5.35. The van der Waals surface area contributed by atoms with E-state index in [4.69, 9.17) is 4.74 Å². The fourth-order valence-corrected chi connectivity index (χ4v) is 2.30. The van der Waals surface area contributed by atoms with Crippen LogP contribution in [-0.4, -0.2) is 36.1 Å². The number of ether oxygens (including phenoxy) is 1. The quantitative estimate of drug-likeness (QED) is 0.635. The van der Waals surface area contributed by atoms with Gasteiger partial charge in [-0.1, -0.05) is 6.42 Å². The second-order valence-electron chi connectivity index (χ2n) is 4.59. The summed E-state index contributed by atoms with van der Waals surface area (Å²) < 4.78 is 4.84. The summed E-state index contributed by atoms with van der Waals surface area (Å²) >= 11 is 0. The third kappa shape index (κ3) is 2.08. The molecule has 0 radical (unpaired) electrons. The normalized spacial score (nSPS) is 24.7. The van der Waals surface area contributed by atoms with Gasteiger partial charge in [0.2, 0.25) is 0 Å². The van der Waals surface area contributed by atoms with E-state index in [2.05, 4.69) is 11.8 Å². The van der Waals surface area contributed by atoms with Crippen molar-refractivity contribution in [1.82, 2.24) is 4.90 Å². The number of hydrogen-bond donors (Lipinski definition) is 0. The molecule has 0 spiro atoms. The highest BCUT2D eigenvalue weighted by atomic mass is 16.5. The minimum absolute atomic E-state index is 0.133. The molecule has 1 atom stereocenters. The van der Waals surface area contributed by atoms with E-state index >= 15 is 0 Å². The Morgan fingerprint density at radius 1 is 1.43 bits per heavy atom. The van der Waals surface area contributed by atoms with E-state index in [0.29, 0.717) is 6.04 Å². The fraction of sp³-hybridized carbons (Fsp3) is 0.909. The van der Waals surface area contributed by atoms with Crippen LogP contribution in [0.4, 0.5) is 0 Å². The monoisotopic (exact) mass is 199 g/mol. The summed E-state index contributed by atoms with van der Waals surface area (Å²) in [6.45, 7) is 7.08. The fourth-order valence-electron chi connectivity index (χ4n) is 2.30. The molecule has 0 bridgehead atoms. The van der Waals surface area contributed by atoms with E-state index in [1.54, 1.807) is 0 Å². The summed E-state index contributed by atoms with van der Waals surface area (Å²) in [5.41, 5.74) is -0.478. The molecule has 1 saturated heterocycles. The molecular weight excluding hydrogens is 178 g/mol. The summed E-state index contributed by atoms with van der Waals surface area (Å²) in [6, 6.07) is 0.484. The van der Waals surface area contributed by atoms with Crippen molar-refractivity contribution < 1.29 is 9.53 Å². The van der Waals surface area contributed by atoms with Gasteiger partial charge in [-0.25, -0.2) is 0 Å². The van der Waals surface area contributed by atoms with Crippen LogP contribution in [0.3, 0.4) is 0 Å². The molecule has 1 fully saturated rings. The number of rotatable bonds is 2. The highest BCUT2D eigenvalue weighted by molar-refractivity contribution is 5.79. The minimum Gasteiger partial charge on any atom is -0.468 e. The molecule has 1 unspecified atom stereocenters. The van der Waals surface area contributed by atoms with Gasteiger partial charge in [0.15, 0.2) is 0 Å². The molecule has 82 valence electrons. The lowest BCUT2D eigenvalue weighted by Gasteiger charge is -2.43. The van der Waals surface area contributed by atoms with Gasteiger partial charge in [0.1, 0.15) is 5.54 Å². The number of carbonyl (C=O) groups excluding carboxylic acids is 1. The molecule has 3 nitrogen and oxygen atoms in total. The first-order valence-electron chi connectivity index (χ1n) is 5.35. The van der Waals surface area contributed by atoms with Crippen molar-refractivity contribution in [2.24, 2.45) is 0 Å². The molecule has 0 aliphatic carbocycles. The van der Waals surface area contributed by atoms with Crippen molar-refractivity contribution in [1.29, 1.82) is 0 Å². The Morgan fingerprint density at radius 3 is 2.57 bits per heavy atom. The Kier molecular flexibility index (Phi) is 3.53. The molecule has 0 amide bonds. The van der Waals surface area contributed by atoms with Crippen LogP contribution >= 0.6 is 0 Å². The van der Waals surface area contributed by atoms with Gasteiger partial charge in [-0.2, -0.15) is 0 Å². The van der Waals surface area contributed by atoms with E-state index in [9.17, 15) is 4.79 Å². The van der Waals surface area contributed by atoms with Crippen LogP contribution < -0.4 is 0 Å². The number of carbonyl (C=O) groups is 1. The number of nitrogens with zero attached hydrogens (tertiary/aromatic N) is 1. The van der Waals surface area contributed by atoms with E-state index in [1.165, 1.54) is 26.4 Å². The van der Waals surface area contributed by atoms with E-state index < -0.39 is 5.54 Å². The van der Waals surface area contributed by atoms with Crippen LogP contribution in [0.2, 0.25) is 0 Å². The molecule has 0 N–H and O–H groups in total. The standard InChI is InChI=1S/C11H21NO2/c1-9-7-5-6-8-12(9)11(2,3)10(13)14-4/h9H,5-8H2,1-4H3. The molecule has 1 rings (SSSR count). The summed E-state index contributed by atoms with van der Waals surface area (Å²) in [6.07, 6.45) is 3.64. The second kappa shape index (κ2) is 4.30. The third-order valence-electron chi connectivity index (χ3n) is 3.21. The van der Waals surface area contributed by atoms with Gasteiger partial charge in [0.25, 0.3) is 0 Å². The van der Waals surface area contributed by atoms with Gasteiger partial charge in [-0.05, 0) is 40.2 Å². The third-order valence-corrected chi connectivity index (χ3v) is 3.21. The van der Waals surface area contributed by atoms with Crippen molar-refractivity contribution in [3.8, 4) is 0 Å². The largest absolute Gasteiger partial charge is 0.468 e. The average molecular weight is 199 g/mol. The zero-order valence-electron chi connectivity index (χ0n) is 9.67. The Hall–Kier alpha value is -0.570. The Morgan fingerprint density at radius 2 is 2.07 bits per heavy atom. The maximum atomic E-state index is 11.6. The Labute approximate surface area is 86.4 Å². The molecular formula is C11H21NO2. The molecule has 0 aromatic rings. The van der Waals surface area contributed by atoms with E-state index in [1.807, 2.05) is 13.8 Å². The lowest BCUT2D eigenvalue weighted by molar-refractivity contribution is -0.155. The summed E-state index contributed by atoms with van der Waals surface area (Å²) in [7, 11) is 1.46. The second-order valence-corrected chi connectivity index (χ2v) is 4.59. The predicted octanol–water partition coefficient (Wildman–Crippen LogP) is 1.81. The van der Waals surface area contributed by atoms with E-state index in [0.717, 1.165) is 6.54 Å². The van der Waals surface area contributed by atoms with Crippen LogP contribution in [0.5, 0.6) is 0 Å². The molecule has 1 heterocycles. The van der Waals surface area contributed by atoms with Crippen molar-refractivity contribution >= 4 is 5.97 Å². The average Bonchev–Trinajstić information content (AvgIpc) is 2.17. The highest BCUT2D eigenvalue weighted by Crippen LogP contribution is 2.26. The van der Waals surface area contributed by atoms with Gasteiger partial charge >= 0.3 is 5.97 Å². The van der Waals surface area contributed by atoms with Crippen LogP contribution in [0, 0.1) is 0 Å². The smallest absolute Gasteiger partial charge is 0.325 e. The number of methoxy groups -OCH3 is 1. The van der Waals surface area contributed by atoms with Crippen molar-refractivity contribution in [3.05, 3.63) is 0 Å². The van der Waals surface area contributed by atoms with Crippen LogP contribution in [0.15, 0.2) is 0 Å². The molecule has 3 heteroatoms. The first-order chi connectivity index (χ1) is 6.50. The highest BCUT2D eigenvalue weighted by Gasteiger charge is 2.39. The molecule has 0 aromatic heterocycles. The summed E-state index contributed by atoms with van der Waals surface area (Å²) in [5, 5.41) is 0. The van der Waals surface area contributed by atoms with Crippen molar-refractivity contribution in [2.75, 3.05) is 13.7 Å². The summed E-state index contributed by atoms with van der Waals surface area (Å²) in [5.74, 6) is -0.133. The lowest BCUT2D eigenvalue weighted by Crippen LogP contribution is -2.56. The van der Waals surface area contributed by atoms with Gasteiger partial charge < -0.3 is 4.74 Å². The zero-order chi connectivity index (χ0) is 10.8. The molecule has 1 aliphatic rings. The zero-order valence-corrected chi connectivity index (χ0v) is 9.67. The predicted molar refractivity (Wildman–Crippen MR) is 56.1 cm³/mol. The number of piperidine rings is 1. The van der Waals surface area contributed by atoms with Crippen LogP contribution in [-0.2, 0) is 9.53 Å². The maximum Gasteiger partial charge on any atom is 0.325 e. The maximum absolute atomic E-state index is 11.6. The molecule has 1 aliphatic heterocycles. The topological polar surface area (TPSA) is 29.5 Å². The van der Waals surface area contributed by atoms with Crippen molar-refractivity contribution in [2.45, 2.75) is 51.6 Å². The molecule has 0 aromatic carbocycles. The molecule has 14 heavy (non-hydrogen) atoms. The number of likely N-dealkylation sites (tertiary alicyclic amines) is 1. The SMILES string of the molecule is COC(=O)C(C)(C)N1CCCCC1C. The van der Waals surface area contributed by atoms with Gasteiger partial charge in [0, 0.05) is 6.04 Å². The number of esters is 1. The number of hydrogen-bond acceptors (Lipinski definition) is 3. The van der Waals surface area contributed by atoms with Crippen molar-refractivity contribution in [3.63, 3.8) is 0 Å². The van der Waals surface area contributed by atoms with Crippen LogP contribution in [0.1, 0.15) is 40.0 Å². The van der Waals surface area contributed by atoms with Gasteiger partial charge in [-0.15, -0.1) is 0 Å².